The van der Waals surface area contributed by atoms with Gasteiger partial charge in [0.15, 0.2) is 0 Å². The number of aromatic nitrogens is 1. The monoisotopic (exact) mass is 488 g/mol. The molecule has 7 heteroatoms. The van der Waals surface area contributed by atoms with Crippen LogP contribution in [0.1, 0.15) is 33.4 Å². The largest absolute Gasteiger partial charge is 0.457 e. The third-order valence-electron chi connectivity index (χ3n) is 6.02. The van der Waals surface area contributed by atoms with Gasteiger partial charge in [0.25, 0.3) is 5.56 Å². The molecule has 4 rings (SSSR count). The molecule has 0 aliphatic heterocycles. The van der Waals surface area contributed by atoms with Crippen LogP contribution >= 0.6 is 0 Å². The standard InChI is InChI=1S/C29H23F3N2O2/c1-18-8-9-22(20(3)14-18)17-34-26(15-25(29(30,31)32)24(16-33)28(34)35)21-10-12-23(13-11-21)36-27-7-5-4-6-19(27)2/h4-15H,17H2,1-3H3. The van der Waals surface area contributed by atoms with Crippen molar-refractivity contribution in [1.82, 2.24) is 4.57 Å². The molecule has 0 aliphatic carbocycles. The van der Waals surface area contributed by atoms with E-state index < -0.39 is 22.9 Å². The lowest BCUT2D eigenvalue weighted by molar-refractivity contribution is -0.137. The lowest BCUT2D eigenvalue weighted by Crippen LogP contribution is -2.29. The second kappa shape index (κ2) is 9.74. The number of aryl methyl sites for hydroxylation is 3. The fourth-order valence-electron chi connectivity index (χ4n) is 4.06. The van der Waals surface area contributed by atoms with Gasteiger partial charge >= 0.3 is 6.18 Å². The van der Waals surface area contributed by atoms with Gasteiger partial charge in [0.05, 0.1) is 17.8 Å². The van der Waals surface area contributed by atoms with Gasteiger partial charge < -0.3 is 9.30 Å². The number of para-hydroxylation sites is 1. The molecule has 4 aromatic rings. The zero-order valence-corrected chi connectivity index (χ0v) is 20.0. The summed E-state index contributed by atoms with van der Waals surface area (Å²) in [6.45, 7) is 5.74. The first-order valence-electron chi connectivity index (χ1n) is 11.2. The number of benzene rings is 3. The second-order valence-corrected chi connectivity index (χ2v) is 8.64. The van der Waals surface area contributed by atoms with Crippen molar-refractivity contribution in [2.45, 2.75) is 33.5 Å². The van der Waals surface area contributed by atoms with E-state index in [0.29, 0.717) is 17.1 Å². The van der Waals surface area contributed by atoms with Gasteiger partial charge in [0, 0.05) is 0 Å². The Morgan fingerprint density at radius 1 is 0.917 bits per heavy atom. The van der Waals surface area contributed by atoms with E-state index in [1.54, 1.807) is 24.3 Å². The molecule has 0 saturated carbocycles. The number of nitrogens with zero attached hydrogens (tertiary/aromatic N) is 2. The first-order chi connectivity index (χ1) is 17.1. The van der Waals surface area contributed by atoms with Crippen molar-refractivity contribution < 1.29 is 17.9 Å². The van der Waals surface area contributed by atoms with Gasteiger partial charge in [-0.2, -0.15) is 18.4 Å². The molecule has 1 aromatic heterocycles. The molecular formula is C29H23F3N2O2. The maximum absolute atomic E-state index is 13.8. The van der Waals surface area contributed by atoms with E-state index in [0.717, 1.165) is 28.3 Å². The van der Waals surface area contributed by atoms with Crippen LogP contribution in [0, 0.1) is 32.1 Å². The molecule has 3 aromatic carbocycles. The molecule has 0 atom stereocenters. The topological polar surface area (TPSA) is 55.0 Å². The SMILES string of the molecule is Cc1ccc(Cn2c(-c3ccc(Oc4ccccc4C)cc3)cc(C(F)(F)F)c(C#N)c2=O)c(C)c1. The second-order valence-electron chi connectivity index (χ2n) is 8.64. The van der Waals surface area contributed by atoms with Crippen LogP contribution in [0.25, 0.3) is 11.3 Å². The average Bonchev–Trinajstić information content (AvgIpc) is 2.83. The minimum absolute atomic E-state index is 0.0224. The molecule has 0 fully saturated rings. The number of hydrogen-bond acceptors (Lipinski definition) is 3. The summed E-state index contributed by atoms with van der Waals surface area (Å²) in [4.78, 5) is 13.2. The summed E-state index contributed by atoms with van der Waals surface area (Å²) < 4.78 is 48.5. The van der Waals surface area contributed by atoms with Gasteiger partial charge in [-0.15, -0.1) is 0 Å². The van der Waals surface area contributed by atoms with Crippen LogP contribution in [0.3, 0.4) is 0 Å². The van der Waals surface area contributed by atoms with E-state index in [1.807, 2.05) is 63.2 Å². The highest BCUT2D eigenvalue weighted by Crippen LogP contribution is 2.34. The van der Waals surface area contributed by atoms with Crippen molar-refractivity contribution in [2.75, 3.05) is 0 Å². The zero-order valence-electron chi connectivity index (χ0n) is 20.0. The van der Waals surface area contributed by atoms with E-state index in [4.69, 9.17) is 4.74 Å². The Labute approximate surface area is 206 Å². The van der Waals surface area contributed by atoms with Gasteiger partial charge in [-0.25, -0.2) is 0 Å². The predicted octanol–water partition coefficient (Wildman–Crippen LogP) is 7.17. The summed E-state index contributed by atoms with van der Waals surface area (Å²) in [6.07, 6.45) is -4.86. The van der Waals surface area contributed by atoms with Crippen LogP contribution in [-0.2, 0) is 12.7 Å². The fraction of sp³-hybridized carbons (Fsp3) is 0.172. The Balaban J connectivity index is 1.84. The highest BCUT2D eigenvalue weighted by molar-refractivity contribution is 5.64. The number of halogens is 3. The Bertz CT molecular complexity index is 1530. The maximum atomic E-state index is 13.8. The summed E-state index contributed by atoms with van der Waals surface area (Å²) in [5, 5.41) is 9.42. The Morgan fingerprint density at radius 3 is 2.22 bits per heavy atom. The smallest absolute Gasteiger partial charge is 0.417 e. The van der Waals surface area contributed by atoms with Crippen LogP contribution in [0.5, 0.6) is 11.5 Å². The van der Waals surface area contributed by atoms with E-state index in [-0.39, 0.29) is 12.2 Å². The van der Waals surface area contributed by atoms with Crippen LogP contribution in [-0.4, -0.2) is 4.57 Å². The van der Waals surface area contributed by atoms with E-state index in [1.165, 1.54) is 10.6 Å². The third-order valence-corrected chi connectivity index (χ3v) is 6.02. The van der Waals surface area contributed by atoms with Crippen molar-refractivity contribution in [2.24, 2.45) is 0 Å². The summed E-state index contributed by atoms with van der Waals surface area (Å²) in [5.74, 6) is 1.16. The quantitative estimate of drug-likeness (QED) is 0.299. The first kappa shape index (κ1) is 24.8. The Hall–Kier alpha value is -4.31. The summed E-state index contributed by atoms with van der Waals surface area (Å²) >= 11 is 0. The Morgan fingerprint density at radius 2 is 1.61 bits per heavy atom. The van der Waals surface area contributed by atoms with Crippen LogP contribution in [0.15, 0.2) is 77.6 Å². The lowest BCUT2D eigenvalue weighted by Gasteiger charge is -2.19. The highest BCUT2D eigenvalue weighted by Gasteiger charge is 2.36. The minimum atomic E-state index is -4.86. The van der Waals surface area contributed by atoms with E-state index >= 15 is 0 Å². The molecule has 36 heavy (non-hydrogen) atoms. The van der Waals surface area contributed by atoms with Crippen molar-refractivity contribution in [3.8, 4) is 28.8 Å². The normalized spacial score (nSPS) is 11.2. The number of alkyl halides is 3. The van der Waals surface area contributed by atoms with E-state index in [2.05, 4.69) is 0 Å². The number of rotatable bonds is 5. The van der Waals surface area contributed by atoms with Crippen LogP contribution in [0.2, 0.25) is 0 Å². The van der Waals surface area contributed by atoms with Crippen molar-refractivity contribution in [3.63, 3.8) is 0 Å². The lowest BCUT2D eigenvalue weighted by atomic mass is 10.0. The average molecular weight is 489 g/mol. The van der Waals surface area contributed by atoms with Crippen molar-refractivity contribution >= 4 is 0 Å². The van der Waals surface area contributed by atoms with Gasteiger partial charge in [0.2, 0.25) is 0 Å². The van der Waals surface area contributed by atoms with E-state index in [9.17, 15) is 23.2 Å². The molecule has 0 bridgehead atoms. The first-order valence-corrected chi connectivity index (χ1v) is 11.2. The number of nitriles is 1. The molecule has 4 nitrogen and oxygen atoms in total. The molecule has 0 amide bonds. The zero-order chi connectivity index (χ0) is 26.0. The minimum Gasteiger partial charge on any atom is -0.457 e. The summed E-state index contributed by atoms with van der Waals surface area (Å²) in [7, 11) is 0. The molecule has 0 spiro atoms. The van der Waals surface area contributed by atoms with Crippen LogP contribution in [0.4, 0.5) is 13.2 Å². The molecule has 182 valence electrons. The molecule has 0 N–H and O–H groups in total. The number of pyridine rings is 1. The highest BCUT2D eigenvalue weighted by atomic mass is 19.4. The fourth-order valence-corrected chi connectivity index (χ4v) is 4.06. The van der Waals surface area contributed by atoms with Gasteiger partial charge in [-0.3, -0.25) is 4.79 Å². The predicted molar refractivity (Wildman–Crippen MR) is 132 cm³/mol. The molecule has 0 saturated heterocycles. The van der Waals surface area contributed by atoms with Crippen molar-refractivity contribution in [1.29, 1.82) is 5.26 Å². The van der Waals surface area contributed by atoms with Gasteiger partial charge in [0.1, 0.15) is 23.1 Å². The van der Waals surface area contributed by atoms with Crippen molar-refractivity contribution in [3.05, 3.63) is 117 Å². The molecule has 0 aliphatic rings. The summed E-state index contributed by atoms with van der Waals surface area (Å²) in [5.41, 5.74) is 0.933. The number of hydrogen-bond donors (Lipinski definition) is 0. The molecule has 0 radical (unpaired) electrons. The number of ether oxygens (including phenoxy) is 1. The third kappa shape index (κ3) is 5.03. The Kier molecular flexibility index (Phi) is 6.71. The molecular weight excluding hydrogens is 465 g/mol. The molecule has 1 heterocycles. The maximum Gasteiger partial charge on any atom is 0.417 e. The van der Waals surface area contributed by atoms with Gasteiger partial charge in [-0.05, 0) is 79.4 Å². The van der Waals surface area contributed by atoms with Crippen LogP contribution < -0.4 is 10.3 Å². The molecule has 0 unspecified atom stereocenters. The summed E-state index contributed by atoms with van der Waals surface area (Å²) in [6, 6.07) is 21.9. The van der Waals surface area contributed by atoms with Gasteiger partial charge in [-0.1, -0.05) is 42.0 Å².